The van der Waals surface area contributed by atoms with Crippen molar-refractivity contribution < 1.29 is 18.3 Å². The lowest BCUT2D eigenvalue weighted by atomic mass is 10.1. The van der Waals surface area contributed by atoms with Gasteiger partial charge in [0.05, 0.1) is 6.61 Å². The molecule has 0 bridgehead atoms. The van der Waals surface area contributed by atoms with Gasteiger partial charge in [0.25, 0.3) is 6.43 Å². The maximum absolute atomic E-state index is 13.0. The summed E-state index contributed by atoms with van der Waals surface area (Å²) >= 11 is 0. The van der Waals surface area contributed by atoms with Gasteiger partial charge in [0.1, 0.15) is 17.2 Å². The van der Waals surface area contributed by atoms with Crippen LogP contribution in [0.15, 0.2) is 6.07 Å². The van der Waals surface area contributed by atoms with Gasteiger partial charge in [0.15, 0.2) is 0 Å². The third-order valence-corrected chi connectivity index (χ3v) is 1.74. The van der Waals surface area contributed by atoms with Crippen molar-refractivity contribution in [1.82, 2.24) is 4.98 Å². The molecular weight excluding hydrogens is 197 g/mol. The highest BCUT2D eigenvalue weighted by atomic mass is 19.3. The van der Waals surface area contributed by atoms with E-state index >= 15 is 0 Å². The molecule has 0 aliphatic carbocycles. The van der Waals surface area contributed by atoms with Crippen LogP contribution in [0.3, 0.4) is 0 Å². The number of aliphatic hydroxyl groups excluding tert-OH is 1. The summed E-state index contributed by atoms with van der Waals surface area (Å²) in [6.45, 7) is -0.925. The van der Waals surface area contributed by atoms with E-state index in [1.165, 1.54) is 0 Å². The molecule has 0 aliphatic rings. The van der Waals surface area contributed by atoms with E-state index in [9.17, 15) is 13.2 Å². The van der Waals surface area contributed by atoms with Gasteiger partial charge < -0.3 is 10.8 Å². The number of halogens is 3. The predicted molar refractivity (Wildman–Crippen MR) is 43.0 cm³/mol. The molecule has 0 aromatic carbocycles. The second-order valence-electron chi connectivity index (χ2n) is 2.62. The maximum Gasteiger partial charge on any atom is 0.280 e. The van der Waals surface area contributed by atoms with Crippen LogP contribution in [0.2, 0.25) is 0 Å². The zero-order chi connectivity index (χ0) is 10.7. The number of nitrogens with two attached hydrogens (primary N) is 1. The highest BCUT2D eigenvalue weighted by molar-refractivity contribution is 5.25. The summed E-state index contributed by atoms with van der Waals surface area (Å²) in [5.74, 6) is -0.822. The third kappa shape index (κ3) is 2.02. The van der Waals surface area contributed by atoms with Crippen LogP contribution in [0.4, 0.5) is 13.2 Å². The molecule has 14 heavy (non-hydrogen) atoms. The quantitative estimate of drug-likeness (QED) is 0.778. The zero-order valence-corrected chi connectivity index (χ0v) is 7.17. The first kappa shape index (κ1) is 10.9. The predicted octanol–water partition coefficient (Wildman–Crippen LogP) is 1.11. The number of aromatic nitrogens is 1. The highest BCUT2D eigenvalue weighted by Crippen LogP contribution is 2.22. The summed E-state index contributed by atoms with van der Waals surface area (Å²) in [6.07, 6.45) is -2.82. The van der Waals surface area contributed by atoms with Crippen molar-refractivity contribution >= 4 is 0 Å². The van der Waals surface area contributed by atoms with E-state index in [1.807, 2.05) is 0 Å². The Morgan fingerprint density at radius 3 is 2.57 bits per heavy atom. The molecule has 0 unspecified atom stereocenters. The molecule has 1 aromatic heterocycles. The van der Waals surface area contributed by atoms with Crippen LogP contribution in [-0.4, -0.2) is 10.1 Å². The number of pyridine rings is 1. The Hall–Kier alpha value is -1.14. The second-order valence-corrected chi connectivity index (χ2v) is 2.62. The molecule has 0 atom stereocenters. The first-order valence-electron chi connectivity index (χ1n) is 3.87. The molecular formula is C8H9F3N2O. The minimum atomic E-state index is -2.82. The van der Waals surface area contributed by atoms with Gasteiger partial charge in [0, 0.05) is 6.54 Å². The molecule has 0 saturated heterocycles. The van der Waals surface area contributed by atoms with Crippen molar-refractivity contribution in [3.8, 4) is 0 Å². The molecule has 1 aromatic rings. The molecule has 0 spiro atoms. The van der Waals surface area contributed by atoms with Crippen LogP contribution >= 0.6 is 0 Å². The van der Waals surface area contributed by atoms with Crippen molar-refractivity contribution in [2.45, 2.75) is 19.6 Å². The van der Waals surface area contributed by atoms with Crippen LogP contribution in [0.5, 0.6) is 0 Å². The lowest BCUT2D eigenvalue weighted by Gasteiger charge is -2.08. The Bertz CT molecular complexity index is 331. The fourth-order valence-corrected chi connectivity index (χ4v) is 1.04. The fraction of sp³-hybridized carbons (Fsp3) is 0.375. The molecule has 1 heterocycles. The van der Waals surface area contributed by atoms with E-state index < -0.39 is 30.2 Å². The van der Waals surface area contributed by atoms with Gasteiger partial charge >= 0.3 is 0 Å². The lowest BCUT2D eigenvalue weighted by Crippen LogP contribution is -2.08. The monoisotopic (exact) mass is 206 g/mol. The van der Waals surface area contributed by atoms with Crippen molar-refractivity contribution in [3.63, 3.8) is 0 Å². The molecule has 3 N–H and O–H groups in total. The van der Waals surface area contributed by atoms with Crippen LogP contribution in [0.1, 0.15) is 23.4 Å². The molecule has 0 aliphatic heterocycles. The Morgan fingerprint density at radius 2 is 2.14 bits per heavy atom. The van der Waals surface area contributed by atoms with E-state index in [0.29, 0.717) is 0 Å². The first-order chi connectivity index (χ1) is 6.60. The Balaban J connectivity index is 3.25. The number of nitrogens with zero attached hydrogens (tertiary/aromatic N) is 1. The SMILES string of the molecule is NCc1cc(F)c(CO)nc1C(F)F. The molecule has 1 rings (SSSR count). The summed E-state index contributed by atoms with van der Waals surface area (Å²) < 4.78 is 37.6. The van der Waals surface area contributed by atoms with E-state index in [2.05, 4.69) is 4.98 Å². The smallest absolute Gasteiger partial charge is 0.280 e. The topological polar surface area (TPSA) is 59.1 Å². The van der Waals surface area contributed by atoms with Crippen molar-refractivity contribution in [1.29, 1.82) is 0 Å². The Morgan fingerprint density at radius 1 is 1.50 bits per heavy atom. The van der Waals surface area contributed by atoms with Gasteiger partial charge in [-0.3, -0.25) is 0 Å². The van der Waals surface area contributed by atoms with E-state index in [0.717, 1.165) is 6.07 Å². The number of hydrogen-bond donors (Lipinski definition) is 2. The van der Waals surface area contributed by atoms with Gasteiger partial charge in [-0.2, -0.15) is 0 Å². The standard InChI is InChI=1S/C8H9F3N2O/c9-5-1-4(2-12)7(8(10)11)13-6(5)3-14/h1,8,14H,2-3,12H2. The molecule has 0 amide bonds. The fourth-order valence-electron chi connectivity index (χ4n) is 1.04. The zero-order valence-electron chi connectivity index (χ0n) is 7.17. The Labute approximate surface area is 78.4 Å². The van der Waals surface area contributed by atoms with Crippen molar-refractivity contribution in [2.24, 2.45) is 5.73 Å². The van der Waals surface area contributed by atoms with Crippen LogP contribution < -0.4 is 5.73 Å². The van der Waals surface area contributed by atoms with Crippen LogP contribution in [0.25, 0.3) is 0 Å². The lowest BCUT2D eigenvalue weighted by molar-refractivity contribution is 0.143. The van der Waals surface area contributed by atoms with Gasteiger partial charge in [-0.15, -0.1) is 0 Å². The van der Waals surface area contributed by atoms with Crippen LogP contribution in [0, 0.1) is 5.82 Å². The number of hydrogen-bond acceptors (Lipinski definition) is 3. The van der Waals surface area contributed by atoms with Crippen molar-refractivity contribution in [2.75, 3.05) is 0 Å². The molecule has 0 radical (unpaired) electrons. The third-order valence-electron chi connectivity index (χ3n) is 1.74. The normalized spacial score (nSPS) is 11.0. The van der Waals surface area contributed by atoms with Gasteiger partial charge in [0.2, 0.25) is 0 Å². The molecule has 0 saturated carbocycles. The summed E-state index contributed by atoms with van der Waals surface area (Å²) in [5.41, 5.74) is 4.14. The van der Waals surface area contributed by atoms with Gasteiger partial charge in [-0.25, -0.2) is 18.2 Å². The summed E-state index contributed by atoms with van der Waals surface area (Å²) in [4.78, 5) is 3.31. The van der Waals surface area contributed by atoms with E-state index in [-0.39, 0.29) is 12.1 Å². The van der Waals surface area contributed by atoms with E-state index in [4.69, 9.17) is 10.8 Å². The minimum Gasteiger partial charge on any atom is -0.390 e. The molecule has 3 nitrogen and oxygen atoms in total. The highest BCUT2D eigenvalue weighted by Gasteiger charge is 2.17. The molecule has 78 valence electrons. The number of rotatable bonds is 3. The van der Waals surface area contributed by atoms with E-state index in [1.54, 1.807) is 0 Å². The van der Waals surface area contributed by atoms with Gasteiger partial charge in [-0.05, 0) is 11.6 Å². The summed E-state index contributed by atoms with van der Waals surface area (Å²) in [7, 11) is 0. The van der Waals surface area contributed by atoms with Crippen molar-refractivity contribution in [3.05, 3.63) is 28.8 Å². The average molecular weight is 206 g/mol. The average Bonchev–Trinajstić information content (AvgIpc) is 2.16. The van der Waals surface area contributed by atoms with Crippen LogP contribution in [-0.2, 0) is 13.2 Å². The second kappa shape index (κ2) is 4.39. The number of alkyl halides is 2. The summed E-state index contributed by atoms with van der Waals surface area (Å²) in [6, 6.07) is 0.875. The maximum atomic E-state index is 13.0. The molecule has 0 fully saturated rings. The van der Waals surface area contributed by atoms with Gasteiger partial charge in [-0.1, -0.05) is 0 Å². The first-order valence-corrected chi connectivity index (χ1v) is 3.87. The molecule has 6 heteroatoms. The number of aliphatic hydroxyl groups is 1. The largest absolute Gasteiger partial charge is 0.390 e. The Kier molecular flexibility index (Phi) is 3.43. The minimum absolute atomic E-state index is 0.0466. The summed E-state index contributed by atoms with van der Waals surface area (Å²) in [5, 5.41) is 8.61.